The maximum atomic E-state index is 11.0. The van der Waals surface area contributed by atoms with E-state index in [1.54, 1.807) is 6.92 Å². The molecule has 0 radical (unpaired) electrons. The molecule has 0 bridgehead atoms. The van der Waals surface area contributed by atoms with Crippen molar-refractivity contribution >= 4 is 5.97 Å². The number of carbonyl (C=O) groups is 1. The molecule has 0 saturated heterocycles. The predicted octanol–water partition coefficient (Wildman–Crippen LogP) is 1.75. The molecule has 1 rings (SSSR count). The monoisotopic (exact) mass is 251 g/mol. The summed E-state index contributed by atoms with van der Waals surface area (Å²) >= 11 is 0. The van der Waals surface area contributed by atoms with Crippen molar-refractivity contribution in [1.29, 1.82) is 0 Å². The van der Waals surface area contributed by atoms with Gasteiger partial charge in [0.1, 0.15) is 6.61 Å². The Morgan fingerprint density at radius 3 is 2.78 bits per heavy atom. The number of nitrogens with one attached hydrogen (secondary N) is 1. The lowest BCUT2D eigenvalue weighted by molar-refractivity contribution is -0.148. The van der Waals surface area contributed by atoms with Crippen LogP contribution in [-0.2, 0) is 20.8 Å². The summed E-state index contributed by atoms with van der Waals surface area (Å²) in [6, 6.07) is 10.2. The topological polar surface area (TPSA) is 47.6 Å². The van der Waals surface area contributed by atoms with Gasteiger partial charge in [-0.25, -0.2) is 4.79 Å². The third-order valence-electron chi connectivity index (χ3n) is 2.34. The van der Waals surface area contributed by atoms with E-state index in [0.29, 0.717) is 13.2 Å². The number of hydrogen-bond donors (Lipinski definition) is 1. The fourth-order valence-corrected chi connectivity index (χ4v) is 1.49. The van der Waals surface area contributed by atoms with E-state index >= 15 is 0 Å². The average Bonchev–Trinajstić information content (AvgIpc) is 2.39. The van der Waals surface area contributed by atoms with Crippen molar-refractivity contribution < 1.29 is 14.3 Å². The summed E-state index contributed by atoms with van der Waals surface area (Å²) in [5.74, 6) is -0.297. The largest absolute Gasteiger partial charge is 0.464 e. The number of carbonyl (C=O) groups excluding carboxylic acids is 1. The summed E-state index contributed by atoms with van der Waals surface area (Å²) in [7, 11) is 0. The van der Waals surface area contributed by atoms with Crippen LogP contribution in [0.3, 0.4) is 0 Å². The molecule has 0 heterocycles. The number of hydrogen-bond acceptors (Lipinski definition) is 4. The highest BCUT2D eigenvalue weighted by Crippen LogP contribution is 1.96. The lowest BCUT2D eigenvalue weighted by Crippen LogP contribution is -2.18. The molecule has 4 nitrogen and oxygen atoms in total. The second-order valence-electron chi connectivity index (χ2n) is 3.87. The SMILES string of the molecule is CCOC(=O)COCCCNCc1ccccc1. The molecule has 4 heteroatoms. The van der Waals surface area contributed by atoms with Gasteiger partial charge in [-0.3, -0.25) is 0 Å². The van der Waals surface area contributed by atoms with Crippen LogP contribution in [0.2, 0.25) is 0 Å². The second-order valence-corrected chi connectivity index (χ2v) is 3.87. The zero-order chi connectivity index (χ0) is 13.1. The molecule has 18 heavy (non-hydrogen) atoms. The van der Waals surface area contributed by atoms with Crippen LogP contribution in [0.25, 0.3) is 0 Å². The molecular formula is C14H21NO3. The lowest BCUT2D eigenvalue weighted by atomic mass is 10.2. The molecule has 0 aliphatic heterocycles. The van der Waals surface area contributed by atoms with Gasteiger partial charge in [-0.1, -0.05) is 30.3 Å². The van der Waals surface area contributed by atoms with Crippen LogP contribution >= 0.6 is 0 Å². The Hall–Kier alpha value is -1.39. The summed E-state index contributed by atoms with van der Waals surface area (Å²) in [5, 5.41) is 3.32. The van der Waals surface area contributed by atoms with Gasteiger partial charge in [0, 0.05) is 13.2 Å². The standard InChI is InChI=1S/C14H21NO3/c1-2-18-14(16)12-17-10-6-9-15-11-13-7-4-3-5-8-13/h3-5,7-8,15H,2,6,9-12H2,1H3. The van der Waals surface area contributed by atoms with E-state index in [-0.39, 0.29) is 12.6 Å². The molecule has 0 atom stereocenters. The first-order valence-electron chi connectivity index (χ1n) is 6.31. The van der Waals surface area contributed by atoms with Gasteiger partial charge < -0.3 is 14.8 Å². The molecule has 1 aromatic rings. The highest BCUT2D eigenvalue weighted by molar-refractivity contribution is 5.70. The first-order chi connectivity index (χ1) is 8.83. The summed E-state index contributed by atoms with van der Waals surface area (Å²) in [4.78, 5) is 11.0. The summed E-state index contributed by atoms with van der Waals surface area (Å²) in [5.41, 5.74) is 1.27. The van der Waals surface area contributed by atoms with Crippen LogP contribution in [-0.4, -0.2) is 32.3 Å². The number of esters is 1. The summed E-state index contributed by atoms with van der Waals surface area (Å²) < 4.78 is 9.93. The van der Waals surface area contributed by atoms with Gasteiger partial charge in [-0.15, -0.1) is 0 Å². The van der Waals surface area contributed by atoms with E-state index < -0.39 is 0 Å². The number of benzene rings is 1. The Morgan fingerprint density at radius 1 is 1.28 bits per heavy atom. The molecular weight excluding hydrogens is 230 g/mol. The molecule has 0 aromatic heterocycles. The third-order valence-corrected chi connectivity index (χ3v) is 2.34. The lowest BCUT2D eigenvalue weighted by Gasteiger charge is -2.06. The van der Waals surface area contributed by atoms with Crippen molar-refractivity contribution in [2.75, 3.05) is 26.4 Å². The Bertz CT molecular complexity index is 327. The Labute approximate surface area is 108 Å². The minimum Gasteiger partial charge on any atom is -0.464 e. The third kappa shape index (κ3) is 7.04. The molecule has 1 aromatic carbocycles. The molecule has 0 aliphatic carbocycles. The van der Waals surface area contributed by atoms with Gasteiger partial charge >= 0.3 is 5.97 Å². The molecule has 0 spiro atoms. The van der Waals surface area contributed by atoms with Crippen LogP contribution < -0.4 is 5.32 Å². The minimum absolute atomic E-state index is 0.0481. The molecule has 0 unspecified atom stereocenters. The fourth-order valence-electron chi connectivity index (χ4n) is 1.49. The zero-order valence-corrected chi connectivity index (χ0v) is 10.9. The predicted molar refractivity (Wildman–Crippen MR) is 70.2 cm³/mol. The molecule has 1 N–H and O–H groups in total. The molecule has 0 amide bonds. The van der Waals surface area contributed by atoms with Gasteiger partial charge in [0.2, 0.25) is 0 Å². The Balaban J connectivity index is 1.92. The van der Waals surface area contributed by atoms with E-state index in [4.69, 9.17) is 9.47 Å². The molecule has 0 saturated carbocycles. The highest BCUT2D eigenvalue weighted by Gasteiger charge is 2.00. The van der Waals surface area contributed by atoms with Gasteiger partial charge in [0.15, 0.2) is 0 Å². The van der Waals surface area contributed by atoms with Crippen LogP contribution in [0.1, 0.15) is 18.9 Å². The Kier molecular flexibility index (Phi) is 7.84. The highest BCUT2D eigenvalue weighted by atomic mass is 16.6. The fraction of sp³-hybridized carbons (Fsp3) is 0.500. The second kappa shape index (κ2) is 9.62. The van der Waals surface area contributed by atoms with E-state index in [2.05, 4.69) is 17.4 Å². The van der Waals surface area contributed by atoms with Crippen LogP contribution in [0.15, 0.2) is 30.3 Å². The van der Waals surface area contributed by atoms with Gasteiger partial charge in [0.25, 0.3) is 0 Å². The van der Waals surface area contributed by atoms with Crippen molar-refractivity contribution in [3.8, 4) is 0 Å². The maximum absolute atomic E-state index is 11.0. The molecule has 0 aliphatic rings. The van der Waals surface area contributed by atoms with Crippen LogP contribution in [0.5, 0.6) is 0 Å². The summed E-state index contributed by atoms with van der Waals surface area (Å²) in [6.45, 7) is 4.54. The van der Waals surface area contributed by atoms with Gasteiger partial charge in [-0.2, -0.15) is 0 Å². The van der Waals surface area contributed by atoms with Crippen molar-refractivity contribution in [3.63, 3.8) is 0 Å². The van der Waals surface area contributed by atoms with Crippen molar-refractivity contribution in [2.45, 2.75) is 19.9 Å². The zero-order valence-electron chi connectivity index (χ0n) is 10.9. The van der Waals surface area contributed by atoms with Crippen molar-refractivity contribution in [1.82, 2.24) is 5.32 Å². The average molecular weight is 251 g/mol. The number of rotatable bonds is 9. The summed E-state index contributed by atoms with van der Waals surface area (Å²) in [6.07, 6.45) is 0.881. The van der Waals surface area contributed by atoms with Crippen molar-refractivity contribution in [2.24, 2.45) is 0 Å². The normalized spacial score (nSPS) is 10.3. The van der Waals surface area contributed by atoms with E-state index in [1.165, 1.54) is 5.56 Å². The van der Waals surface area contributed by atoms with E-state index in [9.17, 15) is 4.79 Å². The Morgan fingerprint density at radius 2 is 2.06 bits per heavy atom. The quantitative estimate of drug-likeness (QED) is 0.536. The minimum atomic E-state index is -0.297. The first kappa shape index (κ1) is 14.7. The molecule has 0 fully saturated rings. The van der Waals surface area contributed by atoms with Crippen molar-refractivity contribution in [3.05, 3.63) is 35.9 Å². The van der Waals surface area contributed by atoms with Crippen LogP contribution in [0, 0.1) is 0 Å². The smallest absolute Gasteiger partial charge is 0.332 e. The van der Waals surface area contributed by atoms with E-state index in [0.717, 1.165) is 19.5 Å². The number of ether oxygens (including phenoxy) is 2. The van der Waals surface area contributed by atoms with Gasteiger partial charge in [-0.05, 0) is 25.5 Å². The maximum Gasteiger partial charge on any atom is 0.332 e. The van der Waals surface area contributed by atoms with Gasteiger partial charge in [0.05, 0.1) is 6.61 Å². The van der Waals surface area contributed by atoms with E-state index in [1.807, 2.05) is 18.2 Å². The van der Waals surface area contributed by atoms with Crippen LogP contribution in [0.4, 0.5) is 0 Å². The molecule has 100 valence electrons. The first-order valence-corrected chi connectivity index (χ1v) is 6.31.